The van der Waals surface area contributed by atoms with Gasteiger partial charge in [-0.15, -0.1) is 0 Å². The van der Waals surface area contributed by atoms with Gasteiger partial charge in [-0.1, -0.05) is 0 Å². The predicted octanol–water partition coefficient (Wildman–Crippen LogP) is 2.17. The summed E-state index contributed by atoms with van der Waals surface area (Å²) in [5, 5.41) is 3.15. The molecule has 0 amide bonds. The van der Waals surface area contributed by atoms with Crippen molar-refractivity contribution in [3.05, 3.63) is 34.3 Å². The van der Waals surface area contributed by atoms with E-state index in [4.69, 9.17) is 0 Å². The molecular formula is C11H14BrN3. The first-order valence-electron chi connectivity index (χ1n) is 5.00. The summed E-state index contributed by atoms with van der Waals surface area (Å²) in [6.45, 7) is 3.01. The van der Waals surface area contributed by atoms with Crippen molar-refractivity contribution in [1.29, 1.82) is 0 Å². The van der Waals surface area contributed by atoms with Gasteiger partial charge in [0.25, 0.3) is 0 Å². The number of nitrogens with one attached hydrogen (secondary N) is 1. The largest absolute Gasteiger partial charge is 0.319 e. The molecule has 0 saturated carbocycles. The summed E-state index contributed by atoms with van der Waals surface area (Å²) in [4.78, 5) is 4.38. The van der Waals surface area contributed by atoms with Gasteiger partial charge >= 0.3 is 0 Å². The lowest BCUT2D eigenvalue weighted by atomic mass is 10.2. The number of nitrogens with zero attached hydrogens (tertiary/aromatic N) is 2. The zero-order valence-electron chi connectivity index (χ0n) is 8.92. The summed E-state index contributed by atoms with van der Waals surface area (Å²) < 4.78 is 3.01. The monoisotopic (exact) mass is 267 g/mol. The Morgan fingerprint density at radius 2 is 2.33 bits per heavy atom. The average molecular weight is 268 g/mol. The lowest BCUT2D eigenvalue weighted by molar-refractivity contribution is 0.791. The van der Waals surface area contributed by atoms with E-state index in [0.29, 0.717) is 0 Å². The predicted molar refractivity (Wildman–Crippen MR) is 65.3 cm³/mol. The van der Waals surface area contributed by atoms with E-state index < -0.39 is 0 Å². The van der Waals surface area contributed by atoms with E-state index in [-0.39, 0.29) is 0 Å². The first kappa shape index (κ1) is 10.6. The summed E-state index contributed by atoms with van der Waals surface area (Å²) in [6.07, 6.45) is 3.12. The number of rotatable bonds is 3. The summed E-state index contributed by atoms with van der Waals surface area (Å²) in [5.74, 6) is 1.01. The highest BCUT2D eigenvalue weighted by Crippen LogP contribution is 2.19. The number of halogens is 1. The smallest absolute Gasteiger partial charge is 0.132 e. The second-order valence-corrected chi connectivity index (χ2v) is 4.34. The molecule has 0 atom stereocenters. The Labute approximate surface area is 97.6 Å². The third-order valence-corrected chi connectivity index (χ3v) is 3.09. The highest BCUT2D eigenvalue weighted by molar-refractivity contribution is 9.10. The summed E-state index contributed by atoms with van der Waals surface area (Å²) in [6, 6.07) is 4.33. The molecule has 3 nitrogen and oxygen atoms in total. The Morgan fingerprint density at radius 3 is 3.07 bits per heavy atom. The van der Waals surface area contributed by atoms with Crippen LogP contribution in [-0.4, -0.2) is 23.0 Å². The van der Waals surface area contributed by atoms with Crippen molar-refractivity contribution in [3.8, 4) is 0 Å². The van der Waals surface area contributed by atoms with Gasteiger partial charge in [0.05, 0.1) is 5.52 Å². The molecule has 0 aliphatic heterocycles. The van der Waals surface area contributed by atoms with E-state index in [1.165, 1.54) is 5.56 Å². The lowest BCUT2D eigenvalue weighted by Gasteiger charge is -2.02. The van der Waals surface area contributed by atoms with Crippen LogP contribution in [0, 0.1) is 6.92 Å². The molecule has 0 unspecified atom stereocenters. The second kappa shape index (κ2) is 4.33. The molecular weight excluding hydrogens is 254 g/mol. The molecule has 0 aliphatic carbocycles. The topological polar surface area (TPSA) is 29.3 Å². The number of aryl methyl sites for hydroxylation is 1. The second-order valence-electron chi connectivity index (χ2n) is 3.59. The molecule has 2 aromatic heterocycles. The quantitative estimate of drug-likeness (QED) is 0.924. The number of aromatic nitrogens is 2. The Morgan fingerprint density at radius 1 is 1.53 bits per heavy atom. The molecule has 1 N–H and O–H groups in total. The molecule has 0 fully saturated rings. The number of hydrogen-bond donors (Lipinski definition) is 1. The van der Waals surface area contributed by atoms with Crippen LogP contribution in [0.15, 0.2) is 22.9 Å². The van der Waals surface area contributed by atoms with Crippen molar-refractivity contribution in [1.82, 2.24) is 14.7 Å². The first-order chi connectivity index (χ1) is 7.22. The first-order valence-corrected chi connectivity index (χ1v) is 5.79. The Bertz CT molecular complexity index is 476. The van der Waals surface area contributed by atoms with Gasteiger partial charge in [0, 0.05) is 6.20 Å². The summed E-state index contributed by atoms with van der Waals surface area (Å²) in [7, 11) is 1.97. The maximum absolute atomic E-state index is 4.38. The van der Waals surface area contributed by atoms with E-state index in [1.54, 1.807) is 0 Å². The highest BCUT2D eigenvalue weighted by atomic mass is 79.9. The third-order valence-electron chi connectivity index (χ3n) is 2.50. The summed E-state index contributed by atoms with van der Waals surface area (Å²) >= 11 is 3.47. The maximum Gasteiger partial charge on any atom is 0.132 e. The van der Waals surface area contributed by atoms with Crippen LogP contribution >= 0.6 is 15.9 Å². The molecule has 2 heterocycles. The normalized spacial score (nSPS) is 11.1. The molecule has 0 aromatic carbocycles. The number of likely N-dealkylation sites (N-methyl/N-ethyl adjacent to an activating group) is 1. The molecule has 80 valence electrons. The van der Waals surface area contributed by atoms with Gasteiger partial charge in [-0.05, 0) is 60.6 Å². The molecule has 4 heteroatoms. The van der Waals surface area contributed by atoms with Gasteiger partial charge in [-0.25, -0.2) is 4.98 Å². The number of imidazole rings is 1. The van der Waals surface area contributed by atoms with Crippen LogP contribution in [0.5, 0.6) is 0 Å². The van der Waals surface area contributed by atoms with Crippen LogP contribution in [-0.2, 0) is 6.42 Å². The van der Waals surface area contributed by atoms with Crippen molar-refractivity contribution < 1.29 is 0 Å². The number of fused-ring (bicyclic) bond motifs is 1. The fourth-order valence-corrected chi connectivity index (χ4v) is 2.23. The van der Waals surface area contributed by atoms with Crippen molar-refractivity contribution in [3.63, 3.8) is 0 Å². The van der Waals surface area contributed by atoms with E-state index in [2.05, 4.69) is 49.0 Å². The average Bonchev–Trinajstić information content (AvgIpc) is 2.52. The molecule has 0 spiro atoms. The Hall–Kier alpha value is -0.870. The van der Waals surface area contributed by atoms with Crippen LogP contribution in [0.2, 0.25) is 0 Å². The maximum atomic E-state index is 4.38. The molecule has 0 saturated heterocycles. The van der Waals surface area contributed by atoms with Gasteiger partial charge in [0.1, 0.15) is 10.4 Å². The molecule has 0 bridgehead atoms. The van der Waals surface area contributed by atoms with Crippen molar-refractivity contribution in [2.24, 2.45) is 0 Å². The van der Waals surface area contributed by atoms with Crippen molar-refractivity contribution >= 4 is 21.4 Å². The summed E-state index contributed by atoms with van der Waals surface area (Å²) in [5.41, 5.74) is 2.47. The highest BCUT2D eigenvalue weighted by Gasteiger charge is 2.05. The van der Waals surface area contributed by atoms with E-state index in [0.717, 1.165) is 28.9 Å². The Kier molecular flexibility index (Phi) is 3.07. The van der Waals surface area contributed by atoms with Crippen LogP contribution in [0.25, 0.3) is 5.52 Å². The third kappa shape index (κ3) is 2.06. The van der Waals surface area contributed by atoms with Crippen LogP contribution in [0.3, 0.4) is 0 Å². The van der Waals surface area contributed by atoms with E-state index in [1.807, 2.05) is 14.0 Å². The fraction of sp³-hybridized carbons (Fsp3) is 0.364. The van der Waals surface area contributed by atoms with Gasteiger partial charge in [0.15, 0.2) is 0 Å². The SMILES string of the molecule is CNCCc1ccn2c(C)nc(Br)c2c1. The zero-order valence-corrected chi connectivity index (χ0v) is 10.5. The van der Waals surface area contributed by atoms with Crippen molar-refractivity contribution in [2.45, 2.75) is 13.3 Å². The molecule has 0 radical (unpaired) electrons. The minimum atomic E-state index is 0.923. The molecule has 2 rings (SSSR count). The zero-order chi connectivity index (χ0) is 10.8. The van der Waals surface area contributed by atoms with Crippen molar-refractivity contribution in [2.75, 3.05) is 13.6 Å². The van der Waals surface area contributed by atoms with Gasteiger partial charge in [-0.3, -0.25) is 0 Å². The van der Waals surface area contributed by atoms with Gasteiger partial charge in [-0.2, -0.15) is 0 Å². The van der Waals surface area contributed by atoms with Gasteiger partial charge in [0.2, 0.25) is 0 Å². The van der Waals surface area contributed by atoms with Crippen LogP contribution in [0.1, 0.15) is 11.4 Å². The van der Waals surface area contributed by atoms with Gasteiger partial charge < -0.3 is 9.72 Å². The van der Waals surface area contributed by atoms with E-state index >= 15 is 0 Å². The minimum Gasteiger partial charge on any atom is -0.319 e. The molecule has 0 aliphatic rings. The van der Waals surface area contributed by atoms with Crippen LogP contribution in [0.4, 0.5) is 0 Å². The minimum absolute atomic E-state index is 0.923. The fourth-order valence-electron chi connectivity index (χ4n) is 1.66. The lowest BCUT2D eigenvalue weighted by Crippen LogP contribution is -2.10. The Balaban J connectivity index is 2.41. The number of hydrogen-bond acceptors (Lipinski definition) is 2. The van der Waals surface area contributed by atoms with E-state index in [9.17, 15) is 0 Å². The number of pyridine rings is 1. The molecule has 15 heavy (non-hydrogen) atoms. The molecule has 2 aromatic rings. The van der Waals surface area contributed by atoms with Crippen LogP contribution < -0.4 is 5.32 Å². The standard InChI is InChI=1S/C11H14BrN3/c1-8-14-11(12)10-7-9(3-5-13-2)4-6-15(8)10/h4,6-7,13H,3,5H2,1-2H3.